The highest BCUT2D eigenvalue weighted by atomic mass is 16.5. The summed E-state index contributed by atoms with van der Waals surface area (Å²) in [6, 6.07) is 14.7. The number of carbonyl (C=O) groups excluding carboxylic acids is 2. The number of nitrogens with one attached hydrogen (secondary N) is 2. The summed E-state index contributed by atoms with van der Waals surface area (Å²) in [5.41, 5.74) is 2.44. The average molecular weight is 352 g/mol. The van der Waals surface area contributed by atoms with Crippen LogP contribution in [0.4, 0.5) is 0 Å². The van der Waals surface area contributed by atoms with E-state index in [9.17, 15) is 9.59 Å². The molecule has 26 heavy (non-hydrogen) atoms. The molecule has 2 rings (SSSR count). The first kappa shape index (κ1) is 18.8. The molecule has 2 amide bonds. The van der Waals surface area contributed by atoms with Crippen molar-refractivity contribution in [1.82, 2.24) is 10.6 Å². The molecule has 2 aromatic rings. The lowest BCUT2D eigenvalue weighted by molar-refractivity contribution is -0.110. The lowest BCUT2D eigenvalue weighted by Crippen LogP contribution is -2.21. The van der Waals surface area contributed by atoms with Gasteiger partial charge in [0.15, 0.2) is 0 Å². The summed E-state index contributed by atoms with van der Waals surface area (Å²) in [5, 5.41) is 5.24. The predicted molar refractivity (Wildman–Crippen MR) is 100 cm³/mol. The summed E-state index contributed by atoms with van der Waals surface area (Å²) in [6.45, 7) is 0. The Morgan fingerprint density at radius 3 is 2.00 bits per heavy atom. The molecule has 0 aromatic heterocycles. The second-order valence-electron chi connectivity index (χ2n) is 5.16. The number of hydrogen-bond acceptors (Lipinski definition) is 4. The fourth-order valence-corrected chi connectivity index (χ4v) is 2.33. The van der Waals surface area contributed by atoms with Crippen molar-refractivity contribution in [3.63, 3.8) is 0 Å². The van der Waals surface area contributed by atoms with Gasteiger partial charge in [0.2, 0.25) is 12.8 Å². The van der Waals surface area contributed by atoms with Gasteiger partial charge in [-0.2, -0.15) is 0 Å². The fraction of sp³-hybridized carbons (Fsp3) is 0.100. The zero-order valence-corrected chi connectivity index (χ0v) is 14.6. The van der Waals surface area contributed by atoms with Crippen molar-refractivity contribution in [3.8, 4) is 11.5 Å². The van der Waals surface area contributed by atoms with Gasteiger partial charge in [0.25, 0.3) is 0 Å². The number of ether oxygens (including phenoxy) is 2. The second kappa shape index (κ2) is 9.68. The Morgan fingerprint density at radius 1 is 0.808 bits per heavy atom. The second-order valence-corrected chi connectivity index (χ2v) is 5.16. The average Bonchev–Trinajstić information content (AvgIpc) is 2.68. The van der Waals surface area contributed by atoms with Crippen molar-refractivity contribution in [3.05, 3.63) is 71.1 Å². The number of amides is 2. The van der Waals surface area contributed by atoms with Gasteiger partial charge < -0.3 is 20.1 Å². The molecule has 0 saturated carbocycles. The van der Waals surface area contributed by atoms with Gasteiger partial charge >= 0.3 is 0 Å². The van der Waals surface area contributed by atoms with E-state index in [0.29, 0.717) is 30.0 Å². The molecule has 0 spiro atoms. The molecule has 2 N–H and O–H groups in total. The van der Waals surface area contributed by atoms with E-state index in [2.05, 4.69) is 10.6 Å². The number of methoxy groups -OCH3 is 2. The summed E-state index contributed by atoms with van der Waals surface area (Å²) in [7, 11) is 3.16. The zero-order valence-electron chi connectivity index (χ0n) is 14.6. The third kappa shape index (κ3) is 4.98. The first-order chi connectivity index (χ1) is 12.7. The van der Waals surface area contributed by atoms with E-state index in [4.69, 9.17) is 9.47 Å². The van der Waals surface area contributed by atoms with Crippen LogP contribution in [0.3, 0.4) is 0 Å². The Kier molecular flexibility index (Phi) is 7.00. The van der Waals surface area contributed by atoms with Crippen molar-refractivity contribution < 1.29 is 19.1 Å². The van der Waals surface area contributed by atoms with Gasteiger partial charge in [-0.05, 0) is 35.9 Å². The first-order valence-corrected chi connectivity index (χ1v) is 7.83. The highest BCUT2D eigenvalue weighted by Crippen LogP contribution is 2.22. The Balaban J connectivity index is 2.47. The van der Waals surface area contributed by atoms with Gasteiger partial charge in [0.1, 0.15) is 11.5 Å². The van der Waals surface area contributed by atoms with Crippen LogP contribution in [0.1, 0.15) is 11.1 Å². The van der Waals surface area contributed by atoms with Gasteiger partial charge in [0.05, 0.1) is 25.6 Å². The SMILES string of the molecule is COc1ccc(/C=C(NC=O)/C(=C/c2ccccc2OC)NC=O)cc1. The van der Waals surface area contributed by atoms with Crippen LogP contribution in [-0.4, -0.2) is 27.0 Å². The summed E-state index contributed by atoms with van der Waals surface area (Å²) in [5.74, 6) is 1.37. The maximum Gasteiger partial charge on any atom is 0.211 e. The third-order valence-electron chi connectivity index (χ3n) is 3.58. The normalized spacial score (nSPS) is 11.5. The topological polar surface area (TPSA) is 76.7 Å². The van der Waals surface area contributed by atoms with Crippen molar-refractivity contribution in [2.75, 3.05) is 14.2 Å². The molecule has 0 saturated heterocycles. The quantitative estimate of drug-likeness (QED) is 0.537. The minimum Gasteiger partial charge on any atom is -0.497 e. The van der Waals surface area contributed by atoms with E-state index in [0.717, 1.165) is 16.9 Å². The van der Waals surface area contributed by atoms with Crippen LogP contribution in [0.25, 0.3) is 12.2 Å². The number of rotatable bonds is 9. The van der Waals surface area contributed by atoms with Crippen LogP contribution in [0.2, 0.25) is 0 Å². The molecule has 0 radical (unpaired) electrons. The summed E-state index contributed by atoms with van der Waals surface area (Å²) >= 11 is 0. The van der Waals surface area contributed by atoms with Crippen molar-refractivity contribution in [1.29, 1.82) is 0 Å². The van der Waals surface area contributed by atoms with Crippen LogP contribution in [-0.2, 0) is 9.59 Å². The maximum atomic E-state index is 11.1. The van der Waals surface area contributed by atoms with Crippen molar-refractivity contribution >= 4 is 25.0 Å². The lowest BCUT2D eigenvalue weighted by atomic mass is 10.1. The number of hydrogen-bond donors (Lipinski definition) is 2. The third-order valence-corrected chi connectivity index (χ3v) is 3.58. The molecule has 6 nitrogen and oxygen atoms in total. The minimum absolute atomic E-state index is 0.424. The molecule has 2 aromatic carbocycles. The van der Waals surface area contributed by atoms with Gasteiger partial charge in [-0.3, -0.25) is 9.59 Å². The number of para-hydroxylation sites is 1. The number of benzene rings is 2. The standard InChI is InChI=1S/C20H20N2O4/c1-25-17-9-7-15(8-10-17)11-18(21-13-23)19(22-14-24)12-16-5-3-4-6-20(16)26-2/h3-14H,1-2H3,(H,21,23)(H,22,24)/b18-11-,19-12-. The molecular formula is C20H20N2O4. The van der Waals surface area contributed by atoms with E-state index in [-0.39, 0.29) is 0 Å². The minimum atomic E-state index is 0.424. The van der Waals surface area contributed by atoms with Crippen LogP contribution in [0.15, 0.2) is 59.9 Å². The van der Waals surface area contributed by atoms with Crippen LogP contribution < -0.4 is 20.1 Å². The van der Waals surface area contributed by atoms with Crippen LogP contribution in [0.5, 0.6) is 11.5 Å². The molecule has 0 heterocycles. The Morgan fingerprint density at radius 2 is 1.42 bits per heavy atom. The Bertz CT molecular complexity index is 811. The molecule has 0 unspecified atom stereocenters. The van der Waals surface area contributed by atoms with Crippen LogP contribution in [0, 0.1) is 0 Å². The zero-order chi connectivity index (χ0) is 18.8. The monoisotopic (exact) mass is 352 g/mol. The predicted octanol–water partition coefficient (Wildman–Crippen LogP) is 2.58. The van der Waals surface area contributed by atoms with Gasteiger partial charge in [-0.1, -0.05) is 30.3 Å². The fourth-order valence-electron chi connectivity index (χ4n) is 2.33. The highest BCUT2D eigenvalue weighted by molar-refractivity contribution is 5.73. The van der Waals surface area contributed by atoms with Crippen molar-refractivity contribution in [2.24, 2.45) is 0 Å². The molecular weight excluding hydrogens is 332 g/mol. The van der Waals surface area contributed by atoms with E-state index in [1.54, 1.807) is 38.5 Å². The molecule has 6 heteroatoms. The first-order valence-electron chi connectivity index (χ1n) is 7.83. The molecule has 0 aliphatic carbocycles. The largest absolute Gasteiger partial charge is 0.497 e. The lowest BCUT2D eigenvalue weighted by Gasteiger charge is -2.12. The van der Waals surface area contributed by atoms with Crippen molar-refractivity contribution in [2.45, 2.75) is 0 Å². The summed E-state index contributed by atoms with van der Waals surface area (Å²) in [6.07, 6.45) is 4.57. The highest BCUT2D eigenvalue weighted by Gasteiger charge is 2.08. The molecule has 134 valence electrons. The van der Waals surface area contributed by atoms with Gasteiger partial charge in [0, 0.05) is 5.56 Å². The Labute approximate surface area is 152 Å². The smallest absolute Gasteiger partial charge is 0.211 e. The van der Waals surface area contributed by atoms with E-state index < -0.39 is 0 Å². The van der Waals surface area contributed by atoms with Gasteiger partial charge in [-0.15, -0.1) is 0 Å². The molecule has 0 bridgehead atoms. The number of carbonyl (C=O) groups is 2. The molecule has 0 fully saturated rings. The molecule has 0 aliphatic heterocycles. The summed E-state index contributed by atoms with van der Waals surface area (Å²) < 4.78 is 10.5. The van der Waals surface area contributed by atoms with Gasteiger partial charge in [-0.25, -0.2) is 0 Å². The molecule has 0 aliphatic rings. The Hall–Kier alpha value is -3.54. The van der Waals surface area contributed by atoms with E-state index >= 15 is 0 Å². The maximum absolute atomic E-state index is 11.1. The van der Waals surface area contributed by atoms with Crippen LogP contribution >= 0.6 is 0 Å². The van der Waals surface area contributed by atoms with E-state index in [1.807, 2.05) is 36.4 Å². The van der Waals surface area contributed by atoms with E-state index in [1.165, 1.54) is 0 Å². The summed E-state index contributed by atoms with van der Waals surface area (Å²) in [4.78, 5) is 22.1. The molecule has 0 atom stereocenters.